The molecule has 200 valence electrons. The third kappa shape index (κ3) is 5.73. The van der Waals surface area contributed by atoms with Gasteiger partial charge in [0.25, 0.3) is 0 Å². The van der Waals surface area contributed by atoms with E-state index in [-0.39, 0.29) is 46.2 Å². The Hall–Kier alpha value is -2.77. The molecule has 1 saturated heterocycles. The zero-order valence-electron chi connectivity index (χ0n) is 21.7. The molecule has 0 bridgehead atoms. The molecular weight excluding hydrogens is 490 g/mol. The number of hydrogen-bond donors (Lipinski definition) is 3. The molecule has 1 aliphatic heterocycles. The largest absolute Gasteiger partial charge is 0.384 e. The number of nitriles is 1. The summed E-state index contributed by atoms with van der Waals surface area (Å²) in [4.78, 5) is 40.4. The van der Waals surface area contributed by atoms with Crippen LogP contribution >= 0.6 is 11.8 Å². The second-order valence-corrected chi connectivity index (χ2v) is 11.4. The maximum absolute atomic E-state index is 13.6. The number of benzene rings is 1. The quantitative estimate of drug-likeness (QED) is 0.451. The van der Waals surface area contributed by atoms with E-state index in [0.29, 0.717) is 26.1 Å². The number of nitrogens with zero attached hydrogens (tertiary/aromatic N) is 2. The molecule has 0 spiro atoms. The van der Waals surface area contributed by atoms with Gasteiger partial charge in [0.05, 0.1) is 42.9 Å². The molecule has 2 saturated carbocycles. The van der Waals surface area contributed by atoms with Crippen LogP contribution in [0.4, 0.5) is 11.4 Å². The van der Waals surface area contributed by atoms with Gasteiger partial charge in [-0.25, -0.2) is 0 Å². The lowest BCUT2D eigenvalue weighted by Crippen LogP contribution is -2.66. The molecule has 0 radical (unpaired) electrons. The molecule has 9 nitrogen and oxygen atoms in total. The van der Waals surface area contributed by atoms with Crippen LogP contribution in [0, 0.1) is 29.1 Å². The summed E-state index contributed by atoms with van der Waals surface area (Å²) in [5.41, 5.74) is 1.64. The van der Waals surface area contributed by atoms with Gasteiger partial charge in [-0.15, -0.1) is 0 Å². The highest BCUT2D eigenvalue weighted by Gasteiger charge is 2.61. The standard InChI is InChI=1S/C27H37N5O4S/c1-4-29-26(34)23-20(15-28)25-24(23)32(5-2)27(35)19-10-9-18(14-21(19)37-25)30-16-7-6-8-17(13-16)31-22(33)11-12-36-3/h6-8,13,18-21,23-25,30H,4-5,9-12,14H2,1-3H3,(H,29,34)(H,31,33). The number of methoxy groups -OCH3 is 1. The average molecular weight is 528 g/mol. The smallest absolute Gasteiger partial charge is 0.227 e. The fourth-order valence-corrected chi connectivity index (χ4v) is 8.02. The number of hydrogen-bond acceptors (Lipinski definition) is 7. The van der Waals surface area contributed by atoms with E-state index in [1.54, 1.807) is 18.9 Å². The lowest BCUT2D eigenvalue weighted by atomic mass is 9.67. The van der Waals surface area contributed by atoms with Crippen LogP contribution in [-0.4, -0.2) is 72.0 Å². The molecular formula is C27H37N5O4S. The van der Waals surface area contributed by atoms with Gasteiger partial charge in [-0.05, 0) is 51.3 Å². The van der Waals surface area contributed by atoms with Crippen LogP contribution in [0.15, 0.2) is 24.3 Å². The first-order valence-corrected chi connectivity index (χ1v) is 14.1. The first-order valence-electron chi connectivity index (χ1n) is 13.2. The van der Waals surface area contributed by atoms with Gasteiger partial charge in [-0.2, -0.15) is 17.0 Å². The van der Waals surface area contributed by atoms with Gasteiger partial charge in [0.1, 0.15) is 0 Å². The zero-order chi connectivity index (χ0) is 26.5. The van der Waals surface area contributed by atoms with Gasteiger partial charge < -0.3 is 25.6 Å². The molecule has 7 unspecified atom stereocenters. The molecule has 3 fully saturated rings. The van der Waals surface area contributed by atoms with Crippen molar-refractivity contribution in [1.29, 1.82) is 5.26 Å². The van der Waals surface area contributed by atoms with E-state index in [9.17, 15) is 19.6 Å². The van der Waals surface area contributed by atoms with Crippen molar-refractivity contribution < 1.29 is 19.1 Å². The minimum atomic E-state index is -0.470. The van der Waals surface area contributed by atoms with Gasteiger partial charge >= 0.3 is 0 Å². The van der Waals surface area contributed by atoms with E-state index in [1.165, 1.54) is 0 Å². The number of nitrogens with one attached hydrogen (secondary N) is 3. The normalized spacial score (nSPS) is 30.6. The number of ether oxygens (including phenoxy) is 1. The second-order valence-electron chi connectivity index (χ2n) is 9.96. The summed E-state index contributed by atoms with van der Waals surface area (Å²) in [5.74, 6) is -1.06. The maximum atomic E-state index is 13.6. The molecule has 10 heteroatoms. The lowest BCUT2D eigenvalue weighted by molar-refractivity contribution is -0.146. The van der Waals surface area contributed by atoms with Gasteiger partial charge in [-0.3, -0.25) is 14.4 Å². The van der Waals surface area contributed by atoms with Gasteiger partial charge in [0.15, 0.2) is 0 Å². The Labute approximate surface area is 223 Å². The van der Waals surface area contributed by atoms with Crippen molar-refractivity contribution >= 4 is 40.9 Å². The zero-order valence-corrected chi connectivity index (χ0v) is 22.6. The second kappa shape index (κ2) is 12.2. The predicted octanol–water partition coefficient (Wildman–Crippen LogP) is 2.85. The summed E-state index contributed by atoms with van der Waals surface area (Å²) in [5, 5.41) is 19.3. The van der Waals surface area contributed by atoms with Crippen LogP contribution in [0.1, 0.15) is 39.5 Å². The first kappa shape index (κ1) is 27.3. The minimum Gasteiger partial charge on any atom is -0.384 e. The van der Waals surface area contributed by atoms with E-state index in [1.807, 2.05) is 43.0 Å². The highest BCUT2D eigenvalue weighted by molar-refractivity contribution is 8.00. The van der Waals surface area contributed by atoms with Crippen LogP contribution < -0.4 is 16.0 Å². The highest BCUT2D eigenvalue weighted by Crippen LogP contribution is 2.53. The topological polar surface area (TPSA) is 124 Å². The van der Waals surface area contributed by atoms with Crippen molar-refractivity contribution in [2.75, 3.05) is 37.4 Å². The molecule has 1 aromatic carbocycles. The summed E-state index contributed by atoms with van der Waals surface area (Å²) >= 11 is 1.74. The molecule has 7 atom stereocenters. The third-order valence-corrected chi connectivity index (χ3v) is 9.48. The van der Waals surface area contributed by atoms with Crippen molar-refractivity contribution in [2.45, 2.75) is 62.1 Å². The minimum absolute atomic E-state index is 0.0547. The summed E-state index contributed by atoms with van der Waals surface area (Å²) < 4.78 is 4.97. The number of rotatable bonds is 9. The van der Waals surface area contributed by atoms with E-state index < -0.39 is 11.8 Å². The fraction of sp³-hybridized carbons (Fsp3) is 0.630. The third-order valence-electron chi connectivity index (χ3n) is 7.72. The highest BCUT2D eigenvalue weighted by atomic mass is 32.2. The van der Waals surface area contributed by atoms with Crippen molar-refractivity contribution in [3.8, 4) is 6.07 Å². The van der Waals surface area contributed by atoms with Crippen molar-refractivity contribution in [3.63, 3.8) is 0 Å². The average Bonchev–Trinajstić information content (AvgIpc) is 2.96. The van der Waals surface area contributed by atoms with Gasteiger partial charge in [0.2, 0.25) is 17.7 Å². The Bertz CT molecular complexity index is 1050. The number of thioether (sulfide) groups is 1. The SMILES string of the molecule is CCNC(=O)C1C(C#N)C2SC3CC(Nc4cccc(NC(=O)CCOC)c4)CCC3C(=O)N(CC)C21. The summed E-state index contributed by atoms with van der Waals surface area (Å²) in [6, 6.07) is 9.99. The maximum Gasteiger partial charge on any atom is 0.227 e. The Morgan fingerprint density at radius 1 is 1.24 bits per heavy atom. The number of carbonyl (C=O) groups is 3. The number of carbonyl (C=O) groups excluding carboxylic acids is 3. The Morgan fingerprint density at radius 3 is 2.73 bits per heavy atom. The van der Waals surface area contributed by atoms with Gasteiger partial charge in [-0.1, -0.05) is 6.07 Å². The first-order chi connectivity index (χ1) is 17.9. The Morgan fingerprint density at radius 2 is 2.03 bits per heavy atom. The Balaban J connectivity index is 1.45. The Kier molecular flexibility index (Phi) is 8.98. The summed E-state index contributed by atoms with van der Waals surface area (Å²) in [6.07, 6.45) is 2.72. The number of amides is 3. The molecule has 4 rings (SSSR count). The predicted molar refractivity (Wildman–Crippen MR) is 144 cm³/mol. The molecule has 1 heterocycles. The summed E-state index contributed by atoms with van der Waals surface area (Å²) in [7, 11) is 1.57. The van der Waals surface area contributed by atoms with E-state index in [0.717, 1.165) is 30.6 Å². The molecule has 0 aromatic heterocycles. The number of fused-ring (bicyclic) bond motifs is 2. The van der Waals surface area contributed by atoms with Crippen molar-refractivity contribution in [1.82, 2.24) is 10.2 Å². The van der Waals surface area contributed by atoms with Crippen molar-refractivity contribution in [2.24, 2.45) is 17.8 Å². The molecule has 3 N–H and O–H groups in total. The fourth-order valence-electron chi connectivity index (χ4n) is 5.95. The molecule has 2 aliphatic carbocycles. The number of anilines is 2. The molecule has 1 aromatic rings. The molecule has 3 amide bonds. The van der Waals surface area contributed by atoms with Crippen LogP contribution in [-0.2, 0) is 19.1 Å². The van der Waals surface area contributed by atoms with E-state index >= 15 is 0 Å². The van der Waals surface area contributed by atoms with Crippen LogP contribution in [0.5, 0.6) is 0 Å². The molecule has 37 heavy (non-hydrogen) atoms. The van der Waals surface area contributed by atoms with Crippen LogP contribution in [0.3, 0.4) is 0 Å². The van der Waals surface area contributed by atoms with Crippen LogP contribution in [0.25, 0.3) is 0 Å². The van der Waals surface area contributed by atoms with Crippen LogP contribution in [0.2, 0.25) is 0 Å². The van der Waals surface area contributed by atoms with Crippen molar-refractivity contribution in [3.05, 3.63) is 24.3 Å². The van der Waals surface area contributed by atoms with E-state index in [2.05, 4.69) is 22.0 Å². The van der Waals surface area contributed by atoms with Gasteiger partial charge in [0, 0.05) is 48.1 Å². The molecule has 3 aliphatic rings. The van der Waals surface area contributed by atoms with E-state index in [4.69, 9.17) is 4.74 Å². The lowest BCUT2D eigenvalue weighted by Gasteiger charge is -2.51. The monoisotopic (exact) mass is 527 g/mol. The summed E-state index contributed by atoms with van der Waals surface area (Å²) in [6.45, 7) is 5.26.